The van der Waals surface area contributed by atoms with Gasteiger partial charge in [0.1, 0.15) is 0 Å². The number of aromatic carboxylic acids is 1. The summed E-state index contributed by atoms with van der Waals surface area (Å²) in [6.45, 7) is 0.279. The molecule has 20 heavy (non-hydrogen) atoms. The van der Waals surface area contributed by atoms with Crippen LogP contribution in [0.1, 0.15) is 16.1 Å². The van der Waals surface area contributed by atoms with Crippen molar-refractivity contribution in [2.24, 2.45) is 0 Å². The van der Waals surface area contributed by atoms with Crippen LogP contribution in [0.15, 0.2) is 23.0 Å². The molecule has 1 heterocycles. The standard InChI is InChI=1S/C11H8ClN3O4S/c12-9-2-7(15(18)19)1-8(11(16)17)10(9)13-3-6-4-20-5-14-6/h1-2,4-5,13H,3H2,(H,16,17). The molecule has 0 spiro atoms. The molecule has 0 aliphatic heterocycles. The summed E-state index contributed by atoms with van der Waals surface area (Å²) in [5.41, 5.74) is 1.89. The van der Waals surface area contributed by atoms with Crippen LogP contribution in [0.25, 0.3) is 0 Å². The van der Waals surface area contributed by atoms with Crippen LogP contribution in [0.3, 0.4) is 0 Å². The third-order valence-corrected chi connectivity index (χ3v) is 3.38. The molecule has 9 heteroatoms. The number of nitro benzene ring substituents is 1. The number of nitrogens with one attached hydrogen (secondary N) is 1. The van der Waals surface area contributed by atoms with Gasteiger partial charge in [0.2, 0.25) is 0 Å². The minimum Gasteiger partial charge on any atom is -0.478 e. The molecule has 0 unspecified atom stereocenters. The van der Waals surface area contributed by atoms with Gasteiger partial charge in [-0.2, -0.15) is 0 Å². The van der Waals surface area contributed by atoms with Crippen molar-refractivity contribution in [3.8, 4) is 0 Å². The fourth-order valence-electron chi connectivity index (χ4n) is 1.55. The Labute approximate surface area is 122 Å². The van der Waals surface area contributed by atoms with E-state index in [4.69, 9.17) is 16.7 Å². The molecule has 7 nitrogen and oxygen atoms in total. The molecule has 0 aliphatic carbocycles. The average Bonchev–Trinajstić information content (AvgIpc) is 2.89. The summed E-state index contributed by atoms with van der Waals surface area (Å²) in [6, 6.07) is 2.08. The molecule has 0 aliphatic rings. The second kappa shape index (κ2) is 5.85. The first kappa shape index (κ1) is 14.2. The predicted octanol–water partition coefficient (Wildman–Crippen LogP) is 3.02. The lowest BCUT2D eigenvalue weighted by Crippen LogP contribution is -2.08. The van der Waals surface area contributed by atoms with Crippen molar-refractivity contribution in [2.45, 2.75) is 6.54 Å². The van der Waals surface area contributed by atoms with E-state index in [1.54, 1.807) is 10.9 Å². The van der Waals surface area contributed by atoms with E-state index in [0.717, 1.165) is 17.8 Å². The van der Waals surface area contributed by atoms with Crippen LogP contribution >= 0.6 is 22.9 Å². The quantitative estimate of drug-likeness (QED) is 0.649. The molecule has 0 amide bonds. The monoisotopic (exact) mass is 313 g/mol. The molecule has 2 rings (SSSR count). The number of carboxylic acid groups (broad SMARTS) is 1. The summed E-state index contributed by atoms with van der Waals surface area (Å²) in [6.07, 6.45) is 0. The summed E-state index contributed by atoms with van der Waals surface area (Å²) >= 11 is 7.32. The van der Waals surface area contributed by atoms with E-state index >= 15 is 0 Å². The summed E-state index contributed by atoms with van der Waals surface area (Å²) in [5.74, 6) is -1.30. The number of carboxylic acids is 1. The van der Waals surface area contributed by atoms with Crippen LogP contribution in [0.2, 0.25) is 5.02 Å². The van der Waals surface area contributed by atoms with Gasteiger partial charge in [0.05, 0.1) is 38.9 Å². The highest BCUT2D eigenvalue weighted by molar-refractivity contribution is 7.07. The molecule has 0 radical (unpaired) electrons. The van der Waals surface area contributed by atoms with Crippen molar-refractivity contribution in [1.29, 1.82) is 0 Å². The van der Waals surface area contributed by atoms with Gasteiger partial charge in [0.25, 0.3) is 5.69 Å². The number of aromatic nitrogens is 1. The first-order chi connectivity index (χ1) is 9.49. The summed E-state index contributed by atoms with van der Waals surface area (Å²) < 4.78 is 0. The third kappa shape index (κ3) is 3.03. The van der Waals surface area contributed by atoms with E-state index < -0.39 is 10.9 Å². The number of nitrogens with zero attached hydrogens (tertiary/aromatic N) is 2. The lowest BCUT2D eigenvalue weighted by atomic mass is 10.1. The topological polar surface area (TPSA) is 105 Å². The normalized spacial score (nSPS) is 10.2. The molecule has 0 saturated heterocycles. The lowest BCUT2D eigenvalue weighted by molar-refractivity contribution is -0.384. The van der Waals surface area contributed by atoms with Crippen molar-refractivity contribution in [3.05, 3.63) is 49.4 Å². The Hall–Kier alpha value is -2.19. The average molecular weight is 314 g/mol. The van der Waals surface area contributed by atoms with Gasteiger partial charge in [-0.1, -0.05) is 11.6 Å². The number of nitro groups is 1. The van der Waals surface area contributed by atoms with Gasteiger partial charge < -0.3 is 10.4 Å². The Balaban J connectivity index is 2.35. The van der Waals surface area contributed by atoms with Gasteiger partial charge in [-0.3, -0.25) is 10.1 Å². The van der Waals surface area contributed by atoms with Crippen LogP contribution in [-0.2, 0) is 6.54 Å². The van der Waals surface area contributed by atoms with Crippen LogP contribution in [0.5, 0.6) is 0 Å². The van der Waals surface area contributed by atoms with Crippen molar-refractivity contribution < 1.29 is 14.8 Å². The predicted molar refractivity (Wildman–Crippen MR) is 74.5 cm³/mol. The maximum absolute atomic E-state index is 11.2. The van der Waals surface area contributed by atoms with Crippen LogP contribution in [-0.4, -0.2) is 21.0 Å². The number of thiazole rings is 1. The highest BCUT2D eigenvalue weighted by atomic mass is 35.5. The molecular formula is C11H8ClN3O4S. The SMILES string of the molecule is O=C(O)c1cc([N+](=O)[O-])cc(Cl)c1NCc1cscn1. The summed E-state index contributed by atoms with van der Waals surface area (Å²) in [4.78, 5) is 25.2. The van der Waals surface area contributed by atoms with Gasteiger partial charge in [-0.15, -0.1) is 11.3 Å². The number of halogens is 1. The zero-order valence-electron chi connectivity index (χ0n) is 9.87. The van der Waals surface area contributed by atoms with Crippen molar-refractivity contribution >= 4 is 40.3 Å². The maximum Gasteiger partial charge on any atom is 0.338 e. The van der Waals surface area contributed by atoms with E-state index in [1.807, 2.05) is 0 Å². The Bertz CT molecular complexity index is 660. The Morgan fingerprint density at radius 2 is 2.30 bits per heavy atom. The van der Waals surface area contributed by atoms with Crippen LogP contribution in [0, 0.1) is 10.1 Å². The minimum atomic E-state index is -1.30. The van der Waals surface area contributed by atoms with E-state index in [0.29, 0.717) is 0 Å². The molecular weight excluding hydrogens is 306 g/mol. The Kier molecular flexibility index (Phi) is 4.16. The molecule has 1 aromatic carbocycles. The number of hydrogen-bond donors (Lipinski definition) is 2. The van der Waals surface area contributed by atoms with Gasteiger partial charge in [-0.25, -0.2) is 9.78 Å². The second-order valence-electron chi connectivity index (χ2n) is 3.75. The molecule has 2 aromatic rings. The number of rotatable bonds is 5. The van der Waals surface area contributed by atoms with Crippen molar-refractivity contribution in [3.63, 3.8) is 0 Å². The maximum atomic E-state index is 11.2. The molecule has 104 valence electrons. The fourth-order valence-corrected chi connectivity index (χ4v) is 2.39. The van der Waals surface area contributed by atoms with Gasteiger partial charge in [0.15, 0.2) is 0 Å². The first-order valence-corrected chi connectivity index (χ1v) is 6.63. The summed E-state index contributed by atoms with van der Waals surface area (Å²) in [5, 5.41) is 24.4. The van der Waals surface area contributed by atoms with Gasteiger partial charge >= 0.3 is 5.97 Å². The Morgan fingerprint density at radius 1 is 1.55 bits per heavy atom. The van der Waals surface area contributed by atoms with Crippen molar-refractivity contribution in [2.75, 3.05) is 5.32 Å². The number of non-ortho nitro benzene ring substituents is 1. The highest BCUT2D eigenvalue weighted by Gasteiger charge is 2.20. The molecule has 0 atom stereocenters. The second-order valence-corrected chi connectivity index (χ2v) is 4.87. The zero-order valence-corrected chi connectivity index (χ0v) is 11.4. The number of benzene rings is 1. The van der Waals surface area contributed by atoms with E-state index in [2.05, 4.69) is 10.3 Å². The zero-order chi connectivity index (χ0) is 14.7. The minimum absolute atomic E-state index is 0.0215. The molecule has 0 saturated carbocycles. The molecule has 1 aromatic heterocycles. The lowest BCUT2D eigenvalue weighted by Gasteiger charge is -2.10. The third-order valence-electron chi connectivity index (χ3n) is 2.45. The largest absolute Gasteiger partial charge is 0.478 e. The van der Waals surface area contributed by atoms with Gasteiger partial charge in [0, 0.05) is 17.5 Å². The summed E-state index contributed by atoms with van der Waals surface area (Å²) in [7, 11) is 0. The van der Waals surface area contributed by atoms with Crippen molar-refractivity contribution in [1.82, 2.24) is 4.98 Å². The highest BCUT2D eigenvalue weighted by Crippen LogP contribution is 2.31. The van der Waals surface area contributed by atoms with Gasteiger partial charge in [-0.05, 0) is 0 Å². The smallest absolute Gasteiger partial charge is 0.338 e. The van der Waals surface area contributed by atoms with Crippen LogP contribution in [0.4, 0.5) is 11.4 Å². The fraction of sp³-hybridized carbons (Fsp3) is 0.0909. The van der Waals surface area contributed by atoms with E-state index in [9.17, 15) is 14.9 Å². The Morgan fingerprint density at radius 3 is 2.85 bits per heavy atom. The molecule has 2 N–H and O–H groups in total. The van der Waals surface area contributed by atoms with E-state index in [-0.39, 0.29) is 28.5 Å². The van der Waals surface area contributed by atoms with Crippen LogP contribution < -0.4 is 5.32 Å². The first-order valence-electron chi connectivity index (χ1n) is 5.31. The molecule has 0 fully saturated rings. The van der Waals surface area contributed by atoms with E-state index in [1.165, 1.54) is 11.3 Å². The number of anilines is 1. The molecule has 0 bridgehead atoms. The number of carbonyl (C=O) groups is 1. The number of hydrogen-bond acceptors (Lipinski definition) is 6.